The van der Waals surface area contributed by atoms with Gasteiger partial charge in [0.15, 0.2) is 0 Å². The Balaban J connectivity index is 1.78. The van der Waals surface area contributed by atoms with Gasteiger partial charge in [-0.2, -0.15) is 5.10 Å². The number of nitrogens with one attached hydrogen (secondary N) is 1. The average Bonchev–Trinajstić information content (AvgIpc) is 2.92. The standard InChI is InChI=1S/C20H21N3O/c1-14-9-10-17(11-15(14)2)13-20(24)21-19-12-16(3)22-23(19)18-7-5-4-6-8-18/h4-12H,13H2,1-3H3,(H,21,24). The molecule has 1 aromatic heterocycles. The molecule has 1 N–H and O–H groups in total. The molecule has 0 aliphatic rings. The molecular weight excluding hydrogens is 298 g/mol. The van der Waals surface area contributed by atoms with Crippen LogP contribution in [0.2, 0.25) is 0 Å². The third-order valence-electron chi connectivity index (χ3n) is 4.04. The Labute approximate surface area is 142 Å². The number of anilines is 1. The number of hydrogen-bond donors (Lipinski definition) is 1. The monoisotopic (exact) mass is 319 g/mol. The number of carbonyl (C=O) groups excluding carboxylic acids is 1. The Bertz CT molecular complexity index is 866. The van der Waals surface area contributed by atoms with Crippen molar-refractivity contribution in [2.75, 3.05) is 5.32 Å². The summed E-state index contributed by atoms with van der Waals surface area (Å²) in [7, 11) is 0. The molecule has 0 bridgehead atoms. The molecule has 0 saturated heterocycles. The lowest BCUT2D eigenvalue weighted by molar-refractivity contribution is -0.115. The molecule has 0 saturated carbocycles. The Morgan fingerprint density at radius 2 is 1.75 bits per heavy atom. The Morgan fingerprint density at radius 1 is 1.00 bits per heavy atom. The molecular formula is C20H21N3O. The van der Waals surface area contributed by atoms with Crippen molar-refractivity contribution < 1.29 is 4.79 Å². The molecule has 4 nitrogen and oxygen atoms in total. The van der Waals surface area contributed by atoms with Crippen LogP contribution < -0.4 is 5.32 Å². The SMILES string of the molecule is Cc1cc(NC(=O)Cc2ccc(C)c(C)c2)n(-c2ccccc2)n1. The van der Waals surface area contributed by atoms with Crippen molar-refractivity contribution in [2.45, 2.75) is 27.2 Å². The smallest absolute Gasteiger partial charge is 0.229 e. The predicted octanol–water partition coefficient (Wildman–Crippen LogP) is 3.98. The van der Waals surface area contributed by atoms with E-state index in [-0.39, 0.29) is 5.91 Å². The van der Waals surface area contributed by atoms with Crippen LogP contribution in [0.4, 0.5) is 5.82 Å². The van der Waals surface area contributed by atoms with Crippen LogP contribution in [-0.2, 0) is 11.2 Å². The summed E-state index contributed by atoms with van der Waals surface area (Å²) >= 11 is 0. The fraction of sp³-hybridized carbons (Fsp3) is 0.200. The van der Waals surface area contributed by atoms with Crippen molar-refractivity contribution >= 4 is 11.7 Å². The van der Waals surface area contributed by atoms with Crippen molar-refractivity contribution in [1.29, 1.82) is 0 Å². The first-order valence-electron chi connectivity index (χ1n) is 8.01. The average molecular weight is 319 g/mol. The van der Waals surface area contributed by atoms with Crippen LogP contribution in [0.25, 0.3) is 5.69 Å². The van der Waals surface area contributed by atoms with Crippen molar-refractivity contribution in [2.24, 2.45) is 0 Å². The second-order valence-electron chi connectivity index (χ2n) is 6.06. The molecule has 2 aromatic carbocycles. The zero-order chi connectivity index (χ0) is 17.1. The lowest BCUT2D eigenvalue weighted by Crippen LogP contribution is -2.17. The van der Waals surface area contributed by atoms with E-state index in [4.69, 9.17) is 0 Å². The van der Waals surface area contributed by atoms with E-state index in [0.29, 0.717) is 12.2 Å². The van der Waals surface area contributed by atoms with E-state index in [1.807, 2.05) is 49.4 Å². The lowest BCUT2D eigenvalue weighted by Gasteiger charge is -2.09. The fourth-order valence-electron chi connectivity index (χ4n) is 2.64. The van der Waals surface area contributed by atoms with E-state index in [2.05, 4.69) is 36.4 Å². The van der Waals surface area contributed by atoms with Crippen molar-refractivity contribution in [1.82, 2.24) is 9.78 Å². The topological polar surface area (TPSA) is 46.9 Å². The maximum atomic E-state index is 12.4. The highest BCUT2D eigenvalue weighted by atomic mass is 16.1. The summed E-state index contributed by atoms with van der Waals surface area (Å²) in [5, 5.41) is 7.44. The van der Waals surface area contributed by atoms with Crippen LogP contribution in [0.5, 0.6) is 0 Å². The van der Waals surface area contributed by atoms with Gasteiger partial charge in [0, 0.05) is 6.07 Å². The van der Waals surface area contributed by atoms with Gasteiger partial charge in [-0.1, -0.05) is 36.4 Å². The molecule has 1 heterocycles. The maximum absolute atomic E-state index is 12.4. The van der Waals surface area contributed by atoms with E-state index >= 15 is 0 Å². The van der Waals surface area contributed by atoms with Crippen LogP contribution in [0.3, 0.4) is 0 Å². The minimum Gasteiger partial charge on any atom is -0.310 e. The predicted molar refractivity (Wildman–Crippen MR) is 96.6 cm³/mol. The number of nitrogens with zero attached hydrogens (tertiary/aromatic N) is 2. The van der Waals surface area contributed by atoms with E-state index < -0.39 is 0 Å². The van der Waals surface area contributed by atoms with Crippen LogP contribution >= 0.6 is 0 Å². The first-order valence-corrected chi connectivity index (χ1v) is 8.01. The molecule has 3 rings (SSSR count). The van der Waals surface area contributed by atoms with Gasteiger partial charge in [-0.15, -0.1) is 0 Å². The zero-order valence-electron chi connectivity index (χ0n) is 14.2. The Kier molecular flexibility index (Phi) is 4.47. The van der Waals surface area contributed by atoms with E-state index in [9.17, 15) is 4.79 Å². The van der Waals surface area contributed by atoms with Crippen LogP contribution in [0.1, 0.15) is 22.4 Å². The summed E-state index contributed by atoms with van der Waals surface area (Å²) in [5.41, 5.74) is 5.23. The molecule has 0 unspecified atom stereocenters. The first kappa shape index (κ1) is 16.0. The molecule has 3 aromatic rings. The van der Waals surface area contributed by atoms with Gasteiger partial charge in [0.05, 0.1) is 17.8 Å². The second kappa shape index (κ2) is 6.71. The number of hydrogen-bond acceptors (Lipinski definition) is 2. The van der Waals surface area contributed by atoms with Gasteiger partial charge in [-0.3, -0.25) is 4.79 Å². The molecule has 0 aliphatic heterocycles. The van der Waals surface area contributed by atoms with Crippen LogP contribution in [-0.4, -0.2) is 15.7 Å². The molecule has 0 spiro atoms. The van der Waals surface area contributed by atoms with Gasteiger partial charge in [0.2, 0.25) is 5.91 Å². The van der Waals surface area contributed by atoms with Crippen LogP contribution in [0.15, 0.2) is 54.6 Å². The molecule has 0 atom stereocenters. The molecule has 4 heteroatoms. The molecule has 0 radical (unpaired) electrons. The largest absolute Gasteiger partial charge is 0.310 e. The lowest BCUT2D eigenvalue weighted by atomic mass is 10.0. The van der Waals surface area contributed by atoms with Gasteiger partial charge < -0.3 is 5.32 Å². The molecule has 0 fully saturated rings. The summed E-state index contributed by atoms with van der Waals surface area (Å²) < 4.78 is 1.76. The highest BCUT2D eigenvalue weighted by molar-refractivity contribution is 5.91. The van der Waals surface area contributed by atoms with Gasteiger partial charge in [0.25, 0.3) is 0 Å². The summed E-state index contributed by atoms with van der Waals surface area (Å²) in [6.07, 6.45) is 0.347. The number of benzene rings is 2. The molecule has 122 valence electrons. The summed E-state index contributed by atoms with van der Waals surface area (Å²) in [5.74, 6) is 0.642. The third-order valence-corrected chi connectivity index (χ3v) is 4.04. The van der Waals surface area contributed by atoms with Gasteiger partial charge in [-0.05, 0) is 49.6 Å². The number of carbonyl (C=O) groups is 1. The second-order valence-corrected chi connectivity index (χ2v) is 6.06. The van der Waals surface area contributed by atoms with E-state index in [1.54, 1.807) is 4.68 Å². The summed E-state index contributed by atoms with van der Waals surface area (Å²) in [4.78, 5) is 12.4. The van der Waals surface area contributed by atoms with Crippen molar-refractivity contribution in [3.05, 3.63) is 77.0 Å². The van der Waals surface area contributed by atoms with E-state index in [0.717, 1.165) is 16.9 Å². The normalized spacial score (nSPS) is 10.6. The molecule has 1 amide bonds. The highest BCUT2D eigenvalue weighted by Crippen LogP contribution is 2.17. The number of amides is 1. The van der Waals surface area contributed by atoms with Crippen molar-refractivity contribution in [3.8, 4) is 5.69 Å². The quantitative estimate of drug-likeness (QED) is 0.790. The Hall–Kier alpha value is -2.88. The number of aryl methyl sites for hydroxylation is 3. The fourth-order valence-corrected chi connectivity index (χ4v) is 2.64. The van der Waals surface area contributed by atoms with Crippen LogP contribution in [0, 0.1) is 20.8 Å². The number of aromatic nitrogens is 2. The number of para-hydroxylation sites is 1. The molecule has 24 heavy (non-hydrogen) atoms. The van der Waals surface area contributed by atoms with E-state index in [1.165, 1.54) is 11.1 Å². The Morgan fingerprint density at radius 3 is 2.46 bits per heavy atom. The number of rotatable bonds is 4. The first-order chi connectivity index (χ1) is 11.5. The van der Waals surface area contributed by atoms with Crippen molar-refractivity contribution in [3.63, 3.8) is 0 Å². The maximum Gasteiger partial charge on any atom is 0.229 e. The third kappa shape index (κ3) is 3.54. The summed E-state index contributed by atoms with van der Waals surface area (Å²) in [6.45, 7) is 6.05. The molecule has 0 aliphatic carbocycles. The minimum absolute atomic E-state index is 0.0460. The highest BCUT2D eigenvalue weighted by Gasteiger charge is 2.11. The van der Waals surface area contributed by atoms with Gasteiger partial charge >= 0.3 is 0 Å². The van der Waals surface area contributed by atoms with Gasteiger partial charge in [-0.25, -0.2) is 4.68 Å². The minimum atomic E-state index is -0.0460. The zero-order valence-corrected chi connectivity index (χ0v) is 14.2. The summed E-state index contributed by atoms with van der Waals surface area (Å²) in [6, 6.07) is 17.8. The van der Waals surface area contributed by atoms with Gasteiger partial charge in [0.1, 0.15) is 5.82 Å².